The van der Waals surface area contributed by atoms with E-state index in [0.717, 1.165) is 32.1 Å². The van der Waals surface area contributed by atoms with E-state index in [1.807, 2.05) is 0 Å². The van der Waals surface area contributed by atoms with Crippen molar-refractivity contribution in [3.05, 3.63) is 0 Å². The van der Waals surface area contributed by atoms with Crippen LogP contribution in [0.4, 0.5) is 0 Å². The summed E-state index contributed by atoms with van der Waals surface area (Å²) >= 11 is 0. The Balaban J connectivity index is 3.23. The summed E-state index contributed by atoms with van der Waals surface area (Å²) in [6.07, 6.45) is 21.2. The molecule has 30 heavy (non-hydrogen) atoms. The first-order valence-corrected chi connectivity index (χ1v) is 12.6. The molecule has 0 aromatic carbocycles. The molecule has 0 aromatic rings. The van der Waals surface area contributed by atoms with Crippen LogP contribution < -0.4 is 0 Å². The van der Waals surface area contributed by atoms with Crippen molar-refractivity contribution < 1.29 is 23.8 Å². The largest absolute Gasteiger partial charge is 0.464 e. The molecule has 0 amide bonds. The number of carbonyl (C=O) groups excluding carboxylic acids is 2. The third kappa shape index (κ3) is 23.2. The van der Waals surface area contributed by atoms with Crippen LogP contribution in [0.1, 0.15) is 123 Å². The van der Waals surface area contributed by atoms with Crippen molar-refractivity contribution in [1.82, 2.24) is 0 Å². The summed E-state index contributed by atoms with van der Waals surface area (Å²) in [6, 6.07) is 0. The second-order valence-corrected chi connectivity index (χ2v) is 8.24. The van der Waals surface area contributed by atoms with Crippen LogP contribution in [0.2, 0.25) is 0 Å². The first-order valence-electron chi connectivity index (χ1n) is 12.6. The lowest BCUT2D eigenvalue weighted by atomic mass is 10.0. The number of esters is 2. The maximum Gasteiger partial charge on any atom is 0.332 e. The second kappa shape index (κ2) is 24.2. The van der Waals surface area contributed by atoms with Gasteiger partial charge < -0.3 is 14.2 Å². The van der Waals surface area contributed by atoms with E-state index >= 15 is 0 Å². The molecular formula is C25H48O5. The van der Waals surface area contributed by atoms with Crippen LogP contribution in [0.25, 0.3) is 0 Å². The van der Waals surface area contributed by atoms with Gasteiger partial charge in [0.2, 0.25) is 0 Å². The van der Waals surface area contributed by atoms with Crippen molar-refractivity contribution in [3.63, 3.8) is 0 Å². The minimum Gasteiger partial charge on any atom is -0.464 e. The van der Waals surface area contributed by atoms with E-state index < -0.39 is 11.9 Å². The van der Waals surface area contributed by atoms with Crippen molar-refractivity contribution >= 4 is 11.9 Å². The van der Waals surface area contributed by atoms with Gasteiger partial charge in [-0.2, -0.15) is 0 Å². The highest BCUT2D eigenvalue weighted by atomic mass is 16.6. The van der Waals surface area contributed by atoms with Gasteiger partial charge in [0.15, 0.2) is 0 Å². The van der Waals surface area contributed by atoms with Gasteiger partial charge in [-0.1, -0.05) is 110 Å². The summed E-state index contributed by atoms with van der Waals surface area (Å²) < 4.78 is 15.2. The first kappa shape index (κ1) is 28.9. The Morgan fingerprint density at radius 3 is 1.17 bits per heavy atom. The summed E-state index contributed by atoms with van der Waals surface area (Å²) in [5.74, 6) is -0.839. The third-order valence-electron chi connectivity index (χ3n) is 5.21. The molecule has 5 heteroatoms. The molecule has 0 heterocycles. The highest BCUT2D eigenvalue weighted by molar-refractivity contribution is 5.73. The molecule has 178 valence electrons. The van der Waals surface area contributed by atoms with E-state index in [4.69, 9.17) is 14.2 Å². The Hall–Kier alpha value is -1.10. The molecule has 0 aliphatic carbocycles. The lowest BCUT2D eigenvalue weighted by molar-refractivity contribution is -0.155. The number of rotatable bonds is 23. The van der Waals surface area contributed by atoms with E-state index in [2.05, 4.69) is 13.8 Å². The number of hydrogen-bond acceptors (Lipinski definition) is 5. The molecular weight excluding hydrogens is 380 g/mol. The van der Waals surface area contributed by atoms with Gasteiger partial charge in [0.05, 0.1) is 13.2 Å². The van der Waals surface area contributed by atoms with E-state index in [1.54, 1.807) is 0 Å². The number of hydrogen-bond donors (Lipinski definition) is 0. The average Bonchev–Trinajstić information content (AvgIpc) is 2.74. The summed E-state index contributed by atoms with van der Waals surface area (Å²) in [4.78, 5) is 23.0. The standard InChI is InChI=1S/C25H48O5/c1-3-5-7-8-9-10-11-12-13-14-15-16-17-19-21-30-25(27)23-28-22-24(26)29-20-18-6-4-2/h3-23H2,1-2H3. The van der Waals surface area contributed by atoms with E-state index in [0.29, 0.717) is 13.2 Å². The SMILES string of the molecule is CCCCCCCCCCCCCCCCOC(=O)COCC(=O)OCCCCC. The number of carbonyl (C=O) groups is 2. The molecule has 0 saturated heterocycles. The molecule has 0 aromatic heterocycles. The minimum atomic E-state index is -0.425. The van der Waals surface area contributed by atoms with Gasteiger partial charge >= 0.3 is 11.9 Å². The van der Waals surface area contributed by atoms with Crippen LogP contribution in [0.5, 0.6) is 0 Å². The van der Waals surface area contributed by atoms with Crippen LogP contribution in [-0.2, 0) is 23.8 Å². The Labute approximate surface area is 185 Å². The zero-order chi connectivity index (χ0) is 22.1. The fraction of sp³-hybridized carbons (Fsp3) is 0.920. The van der Waals surface area contributed by atoms with Crippen molar-refractivity contribution in [3.8, 4) is 0 Å². The summed E-state index contributed by atoms with van der Waals surface area (Å²) in [7, 11) is 0. The molecule has 0 aliphatic rings. The molecule has 0 atom stereocenters. The first-order chi connectivity index (χ1) is 14.7. The van der Waals surface area contributed by atoms with Crippen molar-refractivity contribution in [1.29, 1.82) is 0 Å². The van der Waals surface area contributed by atoms with Crippen molar-refractivity contribution in [2.24, 2.45) is 0 Å². The van der Waals surface area contributed by atoms with Crippen LogP contribution in [0.3, 0.4) is 0 Å². The van der Waals surface area contributed by atoms with Crippen LogP contribution >= 0.6 is 0 Å². The smallest absolute Gasteiger partial charge is 0.332 e. The minimum absolute atomic E-state index is 0.192. The molecule has 0 spiro atoms. The van der Waals surface area contributed by atoms with Gasteiger partial charge in [-0.3, -0.25) is 0 Å². The zero-order valence-electron chi connectivity index (χ0n) is 19.9. The maximum atomic E-state index is 11.6. The van der Waals surface area contributed by atoms with Gasteiger partial charge in [-0.25, -0.2) is 9.59 Å². The Bertz CT molecular complexity index is 384. The van der Waals surface area contributed by atoms with Gasteiger partial charge in [0.25, 0.3) is 0 Å². The van der Waals surface area contributed by atoms with E-state index in [9.17, 15) is 9.59 Å². The molecule has 0 saturated carbocycles. The van der Waals surface area contributed by atoms with Gasteiger partial charge in [-0.05, 0) is 12.8 Å². The fourth-order valence-corrected chi connectivity index (χ4v) is 3.32. The molecule has 0 fully saturated rings. The number of unbranched alkanes of at least 4 members (excludes halogenated alkanes) is 15. The maximum absolute atomic E-state index is 11.6. The van der Waals surface area contributed by atoms with Gasteiger partial charge in [0.1, 0.15) is 13.2 Å². The molecule has 0 radical (unpaired) electrons. The summed E-state index contributed by atoms with van der Waals surface area (Å²) in [5.41, 5.74) is 0. The quantitative estimate of drug-likeness (QED) is 0.133. The molecule has 0 bridgehead atoms. The highest BCUT2D eigenvalue weighted by Crippen LogP contribution is 2.12. The van der Waals surface area contributed by atoms with Crippen LogP contribution in [0, 0.1) is 0 Å². The van der Waals surface area contributed by atoms with E-state index in [-0.39, 0.29) is 13.2 Å². The lowest BCUT2D eigenvalue weighted by Crippen LogP contribution is -2.19. The second-order valence-electron chi connectivity index (χ2n) is 8.24. The Morgan fingerprint density at radius 2 is 0.767 bits per heavy atom. The average molecular weight is 429 g/mol. The van der Waals surface area contributed by atoms with Gasteiger partial charge in [-0.15, -0.1) is 0 Å². The fourth-order valence-electron chi connectivity index (χ4n) is 3.32. The Morgan fingerprint density at radius 1 is 0.467 bits per heavy atom. The summed E-state index contributed by atoms with van der Waals surface area (Å²) in [6.45, 7) is 4.82. The van der Waals surface area contributed by atoms with E-state index in [1.165, 1.54) is 77.0 Å². The third-order valence-corrected chi connectivity index (χ3v) is 5.21. The molecule has 5 nitrogen and oxygen atoms in total. The predicted molar refractivity (Wildman–Crippen MR) is 123 cm³/mol. The monoisotopic (exact) mass is 428 g/mol. The Kier molecular flexibility index (Phi) is 23.3. The number of ether oxygens (including phenoxy) is 3. The van der Waals surface area contributed by atoms with Crippen LogP contribution in [-0.4, -0.2) is 38.4 Å². The predicted octanol–water partition coefficient (Wildman–Crippen LogP) is 6.76. The zero-order valence-corrected chi connectivity index (χ0v) is 19.9. The molecule has 0 rings (SSSR count). The van der Waals surface area contributed by atoms with Gasteiger partial charge in [0, 0.05) is 0 Å². The highest BCUT2D eigenvalue weighted by Gasteiger charge is 2.07. The van der Waals surface area contributed by atoms with Crippen LogP contribution in [0.15, 0.2) is 0 Å². The molecule has 0 aliphatic heterocycles. The van der Waals surface area contributed by atoms with Crippen molar-refractivity contribution in [2.45, 2.75) is 123 Å². The molecule has 0 N–H and O–H groups in total. The lowest BCUT2D eigenvalue weighted by Gasteiger charge is -2.07. The normalized spacial score (nSPS) is 10.9. The van der Waals surface area contributed by atoms with Crippen molar-refractivity contribution in [2.75, 3.05) is 26.4 Å². The summed E-state index contributed by atoms with van der Waals surface area (Å²) in [5, 5.41) is 0. The molecule has 0 unspecified atom stereocenters. The topological polar surface area (TPSA) is 61.8 Å².